The lowest BCUT2D eigenvalue weighted by Crippen LogP contribution is -2.26. The summed E-state index contributed by atoms with van der Waals surface area (Å²) in [6.07, 6.45) is 5.01. The molecule has 0 aromatic carbocycles. The maximum Gasteiger partial charge on any atom is 0.0982 e. The monoisotopic (exact) mass is 170 g/mol. The van der Waals surface area contributed by atoms with Crippen molar-refractivity contribution >= 4 is 5.84 Å². The molecule has 0 amide bonds. The molecule has 0 aliphatic heterocycles. The summed E-state index contributed by atoms with van der Waals surface area (Å²) in [6.45, 7) is 5.44. The minimum Gasteiger partial charge on any atom is -0.364 e. The average Bonchev–Trinajstić information content (AvgIpc) is 2.11. The van der Waals surface area contributed by atoms with E-state index in [1.165, 1.54) is 25.1 Å². The second-order valence-corrected chi connectivity index (χ2v) is 3.11. The topological polar surface area (TPSA) is 15.6 Å². The highest BCUT2D eigenvalue weighted by molar-refractivity contribution is 5.81. The molecule has 0 fully saturated rings. The molecular weight excluding hydrogens is 148 g/mol. The summed E-state index contributed by atoms with van der Waals surface area (Å²) < 4.78 is 0. The average molecular weight is 170 g/mol. The number of hydrogen-bond acceptors (Lipinski definition) is 1. The van der Waals surface area contributed by atoms with Crippen molar-refractivity contribution in [2.75, 3.05) is 20.6 Å². The van der Waals surface area contributed by atoms with Crippen LogP contribution in [0.2, 0.25) is 0 Å². The largest absolute Gasteiger partial charge is 0.364 e. The Balaban J connectivity index is 3.69. The molecule has 0 aromatic heterocycles. The van der Waals surface area contributed by atoms with Crippen LogP contribution in [0.3, 0.4) is 0 Å². The molecule has 0 aliphatic rings. The van der Waals surface area contributed by atoms with Crippen molar-refractivity contribution in [1.82, 2.24) is 4.90 Å². The van der Waals surface area contributed by atoms with Crippen molar-refractivity contribution in [3.8, 4) is 0 Å². The molecule has 0 rings (SSSR count). The van der Waals surface area contributed by atoms with Gasteiger partial charge in [0.2, 0.25) is 0 Å². The van der Waals surface area contributed by atoms with E-state index in [-0.39, 0.29) is 0 Å². The SMILES string of the molecule is CCCCC/C(=N/C)N(C)CC. The van der Waals surface area contributed by atoms with Gasteiger partial charge < -0.3 is 4.90 Å². The van der Waals surface area contributed by atoms with Gasteiger partial charge in [-0.1, -0.05) is 19.8 Å². The normalized spacial score (nSPS) is 11.8. The molecule has 0 saturated carbocycles. The highest BCUT2D eigenvalue weighted by Gasteiger charge is 2.01. The van der Waals surface area contributed by atoms with Crippen LogP contribution in [0.25, 0.3) is 0 Å². The Kier molecular flexibility index (Phi) is 6.82. The summed E-state index contributed by atoms with van der Waals surface area (Å²) >= 11 is 0. The van der Waals surface area contributed by atoms with E-state index in [9.17, 15) is 0 Å². The number of amidine groups is 1. The third kappa shape index (κ3) is 4.37. The van der Waals surface area contributed by atoms with Gasteiger partial charge in [-0.15, -0.1) is 0 Å². The molecule has 0 heterocycles. The summed E-state index contributed by atoms with van der Waals surface area (Å²) in [7, 11) is 3.99. The molecule has 0 aliphatic carbocycles. The number of rotatable bonds is 5. The first-order chi connectivity index (χ1) is 5.76. The predicted molar refractivity (Wildman–Crippen MR) is 55.8 cm³/mol. The van der Waals surface area contributed by atoms with E-state index in [2.05, 4.69) is 30.8 Å². The van der Waals surface area contributed by atoms with Crippen molar-refractivity contribution in [3.05, 3.63) is 0 Å². The van der Waals surface area contributed by atoms with Crippen LogP contribution in [0.15, 0.2) is 4.99 Å². The molecule has 0 N–H and O–H groups in total. The van der Waals surface area contributed by atoms with Crippen LogP contribution in [0.1, 0.15) is 39.5 Å². The molecule has 0 saturated heterocycles. The molecule has 0 atom stereocenters. The van der Waals surface area contributed by atoms with E-state index < -0.39 is 0 Å². The smallest absolute Gasteiger partial charge is 0.0982 e. The van der Waals surface area contributed by atoms with E-state index in [0.29, 0.717) is 0 Å². The first-order valence-corrected chi connectivity index (χ1v) is 4.93. The van der Waals surface area contributed by atoms with Crippen LogP contribution in [-0.4, -0.2) is 31.4 Å². The third-order valence-corrected chi connectivity index (χ3v) is 2.18. The van der Waals surface area contributed by atoms with Crippen LogP contribution in [0, 0.1) is 0 Å². The molecule has 0 radical (unpaired) electrons. The van der Waals surface area contributed by atoms with Gasteiger partial charge in [0, 0.05) is 27.1 Å². The summed E-state index contributed by atoms with van der Waals surface area (Å²) in [5, 5.41) is 0. The quantitative estimate of drug-likeness (QED) is 0.352. The molecular formula is C10H22N2. The van der Waals surface area contributed by atoms with Gasteiger partial charge >= 0.3 is 0 Å². The van der Waals surface area contributed by atoms with Gasteiger partial charge in [-0.05, 0) is 13.3 Å². The highest BCUT2D eigenvalue weighted by atomic mass is 15.1. The van der Waals surface area contributed by atoms with Gasteiger partial charge in [-0.2, -0.15) is 0 Å². The zero-order chi connectivity index (χ0) is 9.40. The molecule has 72 valence electrons. The van der Waals surface area contributed by atoms with Crippen molar-refractivity contribution in [3.63, 3.8) is 0 Å². The zero-order valence-electron chi connectivity index (χ0n) is 8.93. The fourth-order valence-corrected chi connectivity index (χ4v) is 1.19. The third-order valence-electron chi connectivity index (χ3n) is 2.18. The first-order valence-electron chi connectivity index (χ1n) is 4.93. The number of hydrogen-bond donors (Lipinski definition) is 0. The minimum atomic E-state index is 1.05. The van der Waals surface area contributed by atoms with Crippen LogP contribution < -0.4 is 0 Å². The summed E-state index contributed by atoms with van der Waals surface area (Å²) in [6, 6.07) is 0. The summed E-state index contributed by atoms with van der Waals surface area (Å²) in [5.41, 5.74) is 0. The first kappa shape index (κ1) is 11.5. The van der Waals surface area contributed by atoms with Crippen molar-refractivity contribution in [2.24, 2.45) is 4.99 Å². The fourth-order valence-electron chi connectivity index (χ4n) is 1.19. The Bertz CT molecular complexity index is 130. The van der Waals surface area contributed by atoms with Crippen LogP contribution in [-0.2, 0) is 0 Å². The molecule has 12 heavy (non-hydrogen) atoms. The Hall–Kier alpha value is -0.530. The van der Waals surface area contributed by atoms with Crippen molar-refractivity contribution in [1.29, 1.82) is 0 Å². The molecule has 0 spiro atoms. The summed E-state index contributed by atoms with van der Waals surface area (Å²) in [4.78, 5) is 6.49. The second kappa shape index (κ2) is 7.14. The Labute approximate surface area is 76.7 Å². The van der Waals surface area contributed by atoms with E-state index in [1.54, 1.807) is 0 Å². The Morgan fingerprint density at radius 2 is 1.92 bits per heavy atom. The van der Waals surface area contributed by atoms with Crippen LogP contribution in [0.4, 0.5) is 0 Å². The lowest BCUT2D eigenvalue weighted by atomic mass is 10.2. The molecule has 2 nitrogen and oxygen atoms in total. The molecule has 0 bridgehead atoms. The van der Waals surface area contributed by atoms with E-state index in [4.69, 9.17) is 0 Å². The number of aliphatic imine (C=N–C) groups is 1. The van der Waals surface area contributed by atoms with Gasteiger partial charge in [0.15, 0.2) is 0 Å². The predicted octanol–water partition coefficient (Wildman–Crippen LogP) is 2.55. The van der Waals surface area contributed by atoms with Gasteiger partial charge in [0.1, 0.15) is 0 Å². The van der Waals surface area contributed by atoms with Gasteiger partial charge in [-0.3, -0.25) is 4.99 Å². The Morgan fingerprint density at radius 1 is 1.25 bits per heavy atom. The Morgan fingerprint density at radius 3 is 2.33 bits per heavy atom. The standard InChI is InChI=1S/C10H22N2/c1-5-7-8-9-10(11-3)12(4)6-2/h5-9H2,1-4H3/b11-10-. The maximum absolute atomic E-state index is 4.27. The fraction of sp³-hybridized carbons (Fsp3) is 0.900. The molecule has 0 unspecified atom stereocenters. The van der Waals surface area contributed by atoms with E-state index in [1.807, 2.05) is 7.05 Å². The molecule has 2 heteroatoms. The van der Waals surface area contributed by atoms with Crippen molar-refractivity contribution in [2.45, 2.75) is 39.5 Å². The lowest BCUT2D eigenvalue weighted by molar-refractivity contribution is 0.515. The summed E-state index contributed by atoms with van der Waals surface area (Å²) in [5.74, 6) is 1.24. The second-order valence-electron chi connectivity index (χ2n) is 3.11. The lowest BCUT2D eigenvalue weighted by Gasteiger charge is -2.18. The van der Waals surface area contributed by atoms with E-state index in [0.717, 1.165) is 13.0 Å². The molecule has 0 aromatic rings. The highest BCUT2D eigenvalue weighted by Crippen LogP contribution is 2.02. The zero-order valence-corrected chi connectivity index (χ0v) is 8.93. The minimum absolute atomic E-state index is 1.05. The van der Waals surface area contributed by atoms with Gasteiger partial charge in [0.05, 0.1) is 5.84 Å². The van der Waals surface area contributed by atoms with Gasteiger partial charge in [-0.25, -0.2) is 0 Å². The maximum atomic E-state index is 4.27. The number of unbranched alkanes of at least 4 members (excludes halogenated alkanes) is 2. The van der Waals surface area contributed by atoms with E-state index >= 15 is 0 Å². The van der Waals surface area contributed by atoms with Crippen molar-refractivity contribution < 1.29 is 0 Å². The van der Waals surface area contributed by atoms with Crippen LogP contribution in [0.5, 0.6) is 0 Å². The van der Waals surface area contributed by atoms with Gasteiger partial charge in [0.25, 0.3) is 0 Å². The van der Waals surface area contributed by atoms with Crippen LogP contribution >= 0.6 is 0 Å². The number of nitrogens with zero attached hydrogens (tertiary/aromatic N) is 2.